The number of carbonyl (C=O) groups is 1. The zero-order chi connectivity index (χ0) is 18.7. The second-order valence-electron chi connectivity index (χ2n) is 5.06. The normalized spacial score (nSPS) is 13.6. The summed E-state index contributed by atoms with van der Waals surface area (Å²) in [4.78, 5) is 14.9. The molecule has 0 saturated heterocycles. The molecule has 0 spiro atoms. The molecule has 1 aromatic heterocycles. The minimum absolute atomic E-state index is 0.0366. The third-order valence-electron chi connectivity index (χ3n) is 3.25. The molecule has 1 heterocycles. The lowest BCUT2D eigenvalue weighted by atomic mass is 10.2. The summed E-state index contributed by atoms with van der Waals surface area (Å²) in [6.45, 7) is 1.33. The maximum absolute atomic E-state index is 13.1. The molecule has 0 fully saturated rings. The molecule has 1 atom stereocenters. The summed E-state index contributed by atoms with van der Waals surface area (Å²) in [6.07, 6.45) is -4.78. The van der Waals surface area contributed by atoms with Gasteiger partial charge in [-0.1, -0.05) is 18.2 Å². The molecule has 0 aliphatic heterocycles. The number of fused-ring (bicyclic) bond motifs is 1. The molecule has 1 N–H and O–H groups in total. The Morgan fingerprint density at radius 1 is 1.28 bits per heavy atom. The van der Waals surface area contributed by atoms with E-state index in [0.717, 1.165) is 6.07 Å². The molecule has 0 aliphatic carbocycles. The van der Waals surface area contributed by atoms with Crippen molar-refractivity contribution in [3.8, 4) is 0 Å². The number of rotatable bonds is 6. The highest BCUT2D eigenvalue weighted by atomic mass is 32.2. The van der Waals surface area contributed by atoms with Crippen LogP contribution < -0.4 is 4.72 Å². The Balaban J connectivity index is 2.38. The number of ether oxygens (including phenoxy) is 1. The largest absolute Gasteiger partial charge is 0.466 e. The van der Waals surface area contributed by atoms with Crippen LogP contribution in [-0.2, 0) is 19.6 Å². The number of halogens is 3. The summed E-state index contributed by atoms with van der Waals surface area (Å²) < 4.78 is 70.3. The van der Waals surface area contributed by atoms with Gasteiger partial charge in [-0.15, -0.1) is 0 Å². The van der Waals surface area contributed by atoms with Crippen molar-refractivity contribution in [2.75, 3.05) is 6.61 Å². The lowest BCUT2D eigenvalue weighted by Gasteiger charge is -2.21. The van der Waals surface area contributed by atoms with E-state index >= 15 is 0 Å². The second-order valence-corrected chi connectivity index (χ2v) is 6.74. The van der Waals surface area contributed by atoms with Crippen molar-refractivity contribution in [1.82, 2.24) is 9.71 Å². The van der Waals surface area contributed by atoms with Crippen LogP contribution in [0, 0.1) is 0 Å². The fourth-order valence-corrected chi connectivity index (χ4v) is 3.56. The second kappa shape index (κ2) is 7.36. The minimum Gasteiger partial charge on any atom is -0.466 e. The van der Waals surface area contributed by atoms with Crippen LogP contribution >= 0.6 is 0 Å². The minimum atomic E-state index is -4.96. The number of hydrogen-bond donors (Lipinski definition) is 1. The molecule has 25 heavy (non-hydrogen) atoms. The van der Waals surface area contributed by atoms with Crippen molar-refractivity contribution >= 4 is 26.9 Å². The molecular weight excluding hydrogens is 361 g/mol. The number of alkyl halides is 3. The van der Waals surface area contributed by atoms with Crippen LogP contribution in [0.3, 0.4) is 0 Å². The maximum atomic E-state index is 13.1. The third-order valence-corrected chi connectivity index (χ3v) is 4.76. The van der Waals surface area contributed by atoms with Crippen molar-refractivity contribution in [2.45, 2.75) is 30.5 Å². The molecule has 2 aromatic rings. The van der Waals surface area contributed by atoms with Gasteiger partial charge >= 0.3 is 12.1 Å². The Labute approximate surface area is 142 Å². The van der Waals surface area contributed by atoms with E-state index in [1.54, 1.807) is 18.2 Å². The first-order valence-corrected chi connectivity index (χ1v) is 8.72. The molecule has 136 valence electrons. The number of hydrogen-bond acceptors (Lipinski definition) is 5. The van der Waals surface area contributed by atoms with Crippen molar-refractivity contribution in [1.29, 1.82) is 0 Å². The summed E-state index contributed by atoms with van der Waals surface area (Å²) in [6, 6.07) is 4.69. The summed E-state index contributed by atoms with van der Waals surface area (Å²) in [7, 11) is -4.57. The predicted molar refractivity (Wildman–Crippen MR) is 83.2 cm³/mol. The molecule has 0 bridgehead atoms. The monoisotopic (exact) mass is 376 g/mol. The van der Waals surface area contributed by atoms with Crippen LogP contribution in [0.15, 0.2) is 41.4 Å². The highest BCUT2D eigenvalue weighted by Crippen LogP contribution is 2.26. The first kappa shape index (κ1) is 19.1. The van der Waals surface area contributed by atoms with Gasteiger partial charge in [0.25, 0.3) is 0 Å². The topological polar surface area (TPSA) is 85.4 Å². The Hall–Kier alpha value is -2.20. The van der Waals surface area contributed by atoms with Crippen LogP contribution in [0.4, 0.5) is 13.2 Å². The first-order valence-electron chi connectivity index (χ1n) is 7.23. The van der Waals surface area contributed by atoms with Gasteiger partial charge < -0.3 is 4.74 Å². The van der Waals surface area contributed by atoms with Crippen LogP contribution in [0.5, 0.6) is 0 Å². The smallest absolute Gasteiger partial charge is 0.405 e. The number of para-hydroxylation sites is 1. The van der Waals surface area contributed by atoms with E-state index in [1.165, 1.54) is 23.9 Å². The van der Waals surface area contributed by atoms with Gasteiger partial charge in [-0.25, -0.2) is 8.42 Å². The number of pyridine rings is 1. The summed E-state index contributed by atoms with van der Waals surface area (Å²) in [5, 5.41) is 0.458. The lowest BCUT2D eigenvalue weighted by molar-refractivity contribution is -0.166. The van der Waals surface area contributed by atoms with Crippen molar-refractivity contribution < 1.29 is 31.1 Å². The van der Waals surface area contributed by atoms with Crippen molar-refractivity contribution in [3.05, 3.63) is 36.5 Å². The van der Waals surface area contributed by atoms with E-state index in [4.69, 9.17) is 0 Å². The van der Waals surface area contributed by atoms with Crippen molar-refractivity contribution in [3.63, 3.8) is 0 Å². The third kappa shape index (κ3) is 4.67. The number of nitrogens with one attached hydrogen (secondary N) is 1. The molecule has 2 rings (SSSR count). The molecule has 1 aromatic carbocycles. The average molecular weight is 376 g/mol. The SMILES string of the molecule is CCOC(=O)C[C@@H](NS(=O)(=O)c1cccc2cccnc12)C(F)(F)F. The first-order chi connectivity index (χ1) is 11.6. The molecule has 0 radical (unpaired) electrons. The number of nitrogens with zero attached hydrogens (tertiary/aromatic N) is 1. The van der Waals surface area contributed by atoms with E-state index in [0.29, 0.717) is 5.39 Å². The maximum Gasteiger partial charge on any atom is 0.405 e. The van der Waals surface area contributed by atoms with Gasteiger partial charge in [0, 0.05) is 11.6 Å². The summed E-state index contributed by atoms with van der Waals surface area (Å²) >= 11 is 0. The molecule has 0 amide bonds. The molecule has 10 heteroatoms. The Kier molecular flexibility index (Phi) is 5.63. The molecule has 0 aliphatic rings. The molecule has 0 saturated carbocycles. The Bertz CT molecular complexity index is 863. The number of benzene rings is 1. The molecular formula is C15H15F3N2O4S. The van der Waals surface area contributed by atoms with Crippen LogP contribution in [-0.4, -0.2) is 38.2 Å². The van der Waals surface area contributed by atoms with E-state index in [1.807, 2.05) is 0 Å². The Morgan fingerprint density at radius 3 is 2.60 bits per heavy atom. The van der Waals surface area contributed by atoms with Crippen molar-refractivity contribution in [2.24, 2.45) is 0 Å². The van der Waals surface area contributed by atoms with Crippen LogP contribution in [0.2, 0.25) is 0 Å². The number of aromatic nitrogens is 1. The van der Waals surface area contributed by atoms with E-state index in [9.17, 15) is 26.4 Å². The van der Waals surface area contributed by atoms with Gasteiger partial charge in [-0.3, -0.25) is 9.78 Å². The standard InChI is InChI=1S/C15H15F3N2O4S/c1-2-24-13(21)9-12(15(16,17)18)20-25(22,23)11-7-3-5-10-6-4-8-19-14(10)11/h3-8,12,20H,2,9H2,1H3/t12-/m1/s1. The number of carbonyl (C=O) groups excluding carboxylic acids is 1. The molecule has 0 unspecified atom stereocenters. The highest BCUT2D eigenvalue weighted by Gasteiger charge is 2.44. The van der Waals surface area contributed by atoms with E-state index < -0.39 is 39.5 Å². The average Bonchev–Trinajstić information content (AvgIpc) is 2.53. The lowest BCUT2D eigenvalue weighted by Crippen LogP contribution is -2.46. The van der Waals surface area contributed by atoms with Gasteiger partial charge in [0.1, 0.15) is 10.9 Å². The summed E-state index contributed by atoms with van der Waals surface area (Å²) in [5.74, 6) is -1.15. The molecule has 6 nitrogen and oxygen atoms in total. The van der Waals surface area contributed by atoms with Crippen LogP contribution in [0.1, 0.15) is 13.3 Å². The number of sulfonamides is 1. The van der Waals surface area contributed by atoms with Crippen LogP contribution in [0.25, 0.3) is 10.9 Å². The Morgan fingerprint density at radius 2 is 1.96 bits per heavy atom. The summed E-state index contributed by atoms with van der Waals surface area (Å²) in [5.41, 5.74) is 0.0366. The van der Waals surface area contributed by atoms with Gasteiger partial charge in [0.15, 0.2) is 0 Å². The van der Waals surface area contributed by atoms with Gasteiger partial charge in [-0.2, -0.15) is 17.9 Å². The van der Waals surface area contributed by atoms with Gasteiger partial charge in [0.2, 0.25) is 10.0 Å². The van der Waals surface area contributed by atoms with Gasteiger partial charge in [-0.05, 0) is 19.1 Å². The number of esters is 1. The fourth-order valence-electron chi connectivity index (χ4n) is 2.15. The fraction of sp³-hybridized carbons (Fsp3) is 0.333. The van der Waals surface area contributed by atoms with E-state index in [2.05, 4.69) is 9.72 Å². The zero-order valence-corrected chi connectivity index (χ0v) is 13.9. The highest BCUT2D eigenvalue weighted by molar-refractivity contribution is 7.89. The van der Waals surface area contributed by atoms with Gasteiger partial charge in [0.05, 0.1) is 18.5 Å². The quantitative estimate of drug-likeness (QED) is 0.783. The predicted octanol–water partition coefficient (Wildman–Crippen LogP) is 2.40. The van der Waals surface area contributed by atoms with E-state index in [-0.39, 0.29) is 12.1 Å². The zero-order valence-electron chi connectivity index (χ0n) is 13.1.